The summed E-state index contributed by atoms with van der Waals surface area (Å²) < 4.78 is 15.1. The van der Waals surface area contributed by atoms with Gasteiger partial charge in [0.25, 0.3) is 0 Å². The number of benzene rings is 1. The van der Waals surface area contributed by atoms with Crippen molar-refractivity contribution in [2.75, 3.05) is 0 Å². The number of rotatable bonds is 4. The first-order valence-corrected chi connectivity index (χ1v) is 10.0. The number of nitrogens with zero attached hydrogens (tertiary/aromatic N) is 2. The molecule has 5 nitrogen and oxygen atoms in total. The second kappa shape index (κ2) is 7.78. The summed E-state index contributed by atoms with van der Waals surface area (Å²) in [6.07, 6.45) is 6.03. The molecule has 1 atom stereocenters. The number of hydrogen-bond acceptors (Lipinski definition) is 2. The first kappa shape index (κ1) is 18.7. The molecule has 0 bridgehead atoms. The van der Waals surface area contributed by atoms with Gasteiger partial charge in [0.2, 0.25) is 11.8 Å². The summed E-state index contributed by atoms with van der Waals surface area (Å²) in [6.45, 7) is 2.74. The predicted octanol–water partition coefficient (Wildman–Crippen LogP) is 3.41. The van der Waals surface area contributed by atoms with E-state index in [1.165, 1.54) is 12.1 Å². The van der Waals surface area contributed by atoms with Crippen LogP contribution in [0.4, 0.5) is 4.39 Å². The summed E-state index contributed by atoms with van der Waals surface area (Å²) in [4.78, 5) is 27.7. The van der Waals surface area contributed by atoms with E-state index in [9.17, 15) is 14.0 Å². The lowest BCUT2D eigenvalue weighted by Crippen LogP contribution is -2.50. The highest BCUT2D eigenvalue weighted by atomic mass is 19.1. The topological polar surface area (TPSA) is 54.3 Å². The van der Waals surface area contributed by atoms with E-state index in [4.69, 9.17) is 0 Å². The third-order valence-corrected chi connectivity index (χ3v) is 5.96. The summed E-state index contributed by atoms with van der Waals surface area (Å²) in [6, 6.07) is 9.35. The molecule has 2 aromatic rings. The lowest BCUT2D eigenvalue weighted by Gasteiger charge is -2.37. The Kier molecular flexibility index (Phi) is 5.20. The van der Waals surface area contributed by atoms with Gasteiger partial charge in [-0.3, -0.25) is 9.59 Å². The third kappa shape index (κ3) is 3.81. The molecule has 2 heterocycles. The van der Waals surface area contributed by atoms with Crippen molar-refractivity contribution in [3.8, 4) is 0 Å². The molecule has 1 aromatic heterocycles. The number of halogens is 1. The fraction of sp³-hybridized carbons (Fsp3) is 0.455. The summed E-state index contributed by atoms with van der Waals surface area (Å²) >= 11 is 0. The largest absolute Gasteiger partial charge is 0.351 e. The van der Waals surface area contributed by atoms with Crippen LogP contribution in [0.15, 0.2) is 42.6 Å². The van der Waals surface area contributed by atoms with Crippen LogP contribution in [0, 0.1) is 11.7 Å². The van der Waals surface area contributed by atoms with Gasteiger partial charge in [0.05, 0.1) is 5.69 Å². The van der Waals surface area contributed by atoms with Gasteiger partial charge in [0.15, 0.2) is 6.04 Å². The second-order valence-electron chi connectivity index (χ2n) is 8.08. The van der Waals surface area contributed by atoms with Crippen LogP contribution in [-0.4, -0.2) is 27.3 Å². The van der Waals surface area contributed by atoms with E-state index in [1.807, 2.05) is 22.9 Å². The van der Waals surface area contributed by atoms with Crippen molar-refractivity contribution in [2.24, 2.45) is 5.92 Å². The average molecular weight is 383 g/mol. The number of carbonyl (C=O) groups excluding carboxylic acids is 2. The van der Waals surface area contributed by atoms with Crippen molar-refractivity contribution < 1.29 is 14.0 Å². The van der Waals surface area contributed by atoms with E-state index < -0.39 is 6.04 Å². The number of amides is 2. The molecule has 2 amide bonds. The number of carbonyl (C=O) groups is 2. The molecular weight excluding hydrogens is 357 g/mol. The van der Waals surface area contributed by atoms with Gasteiger partial charge in [0.1, 0.15) is 12.4 Å². The predicted molar refractivity (Wildman–Crippen MR) is 104 cm³/mol. The molecule has 0 spiro atoms. The maximum atomic E-state index is 13.2. The van der Waals surface area contributed by atoms with Crippen LogP contribution in [-0.2, 0) is 22.7 Å². The number of aromatic nitrogens is 1. The lowest BCUT2D eigenvalue weighted by atomic mass is 9.87. The second-order valence-corrected chi connectivity index (χ2v) is 8.08. The molecule has 1 aliphatic heterocycles. The lowest BCUT2D eigenvalue weighted by molar-refractivity contribution is -0.144. The maximum absolute atomic E-state index is 13.2. The van der Waals surface area contributed by atoms with Gasteiger partial charge in [-0.15, -0.1) is 0 Å². The van der Waals surface area contributed by atoms with Gasteiger partial charge in [-0.1, -0.05) is 19.1 Å². The number of nitrogens with one attached hydrogen (secondary N) is 1. The minimum atomic E-state index is -0.666. The third-order valence-electron chi connectivity index (χ3n) is 5.96. The van der Waals surface area contributed by atoms with Crippen molar-refractivity contribution >= 4 is 11.8 Å². The normalized spacial score (nSPS) is 24.7. The Morgan fingerprint density at radius 3 is 2.57 bits per heavy atom. The van der Waals surface area contributed by atoms with Crippen LogP contribution >= 0.6 is 0 Å². The first-order valence-electron chi connectivity index (χ1n) is 10.0. The maximum Gasteiger partial charge on any atom is 0.249 e. The van der Waals surface area contributed by atoms with Gasteiger partial charge in [-0.05, 0) is 61.4 Å². The summed E-state index contributed by atoms with van der Waals surface area (Å²) in [7, 11) is 0. The van der Waals surface area contributed by atoms with Crippen LogP contribution in [0.25, 0.3) is 0 Å². The van der Waals surface area contributed by atoms with Gasteiger partial charge in [-0.2, -0.15) is 0 Å². The van der Waals surface area contributed by atoms with E-state index in [0.717, 1.165) is 36.9 Å². The summed E-state index contributed by atoms with van der Waals surface area (Å²) in [5.41, 5.74) is 1.63. The van der Waals surface area contributed by atoms with Crippen LogP contribution in [0.5, 0.6) is 0 Å². The Bertz CT molecular complexity index is 853. The molecule has 1 aliphatic carbocycles. The molecule has 0 radical (unpaired) electrons. The Balaban J connectivity index is 1.57. The first-order chi connectivity index (χ1) is 13.5. The zero-order valence-electron chi connectivity index (χ0n) is 16.1. The van der Waals surface area contributed by atoms with Crippen molar-refractivity contribution in [2.45, 2.75) is 57.8 Å². The van der Waals surface area contributed by atoms with Crippen molar-refractivity contribution in [3.05, 3.63) is 59.7 Å². The zero-order valence-corrected chi connectivity index (χ0v) is 16.1. The summed E-state index contributed by atoms with van der Waals surface area (Å²) in [5.74, 6) is 0.153. The highest BCUT2D eigenvalue weighted by molar-refractivity contribution is 5.90. The minimum absolute atomic E-state index is 0.106. The molecule has 6 heteroatoms. The molecule has 28 heavy (non-hydrogen) atoms. The molecule has 1 aromatic carbocycles. The highest BCUT2D eigenvalue weighted by Crippen LogP contribution is 2.30. The van der Waals surface area contributed by atoms with Crippen LogP contribution in [0.1, 0.15) is 49.9 Å². The Morgan fingerprint density at radius 1 is 1.14 bits per heavy atom. The smallest absolute Gasteiger partial charge is 0.249 e. The fourth-order valence-electron chi connectivity index (χ4n) is 4.29. The molecule has 2 aliphatic rings. The van der Waals surface area contributed by atoms with Gasteiger partial charge in [0, 0.05) is 18.8 Å². The molecule has 4 rings (SSSR count). The monoisotopic (exact) mass is 383 g/mol. The summed E-state index contributed by atoms with van der Waals surface area (Å²) in [5, 5.41) is 3.18. The molecule has 1 saturated carbocycles. The number of hydrogen-bond donors (Lipinski definition) is 1. The SMILES string of the molecule is CC1CCC(NC(=O)C2c3cccn3CC(=O)N2Cc2ccc(F)cc2)CC1. The fourth-order valence-corrected chi connectivity index (χ4v) is 4.29. The van der Waals surface area contributed by atoms with Crippen LogP contribution < -0.4 is 5.32 Å². The van der Waals surface area contributed by atoms with E-state index in [2.05, 4.69) is 12.2 Å². The van der Waals surface area contributed by atoms with E-state index in [0.29, 0.717) is 5.92 Å². The van der Waals surface area contributed by atoms with Gasteiger partial charge < -0.3 is 14.8 Å². The quantitative estimate of drug-likeness (QED) is 0.880. The zero-order chi connectivity index (χ0) is 19.7. The standard InChI is InChI=1S/C22H26FN3O2/c1-15-4-10-18(11-5-15)24-22(28)21-19-3-2-12-25(19)14-20(27)26(21)13-16-6-8-17(23)9-7-16/h2-3,6-9,12,15,18,21H,4-5,10-11,13-14H2,1H3,(H,24,28). The molecule has 148 valence electrons. The van der Waals surface area contributed by atoms with Crippen LogP contribution in [0.2, 0.25) is 0 Å². The molecule has 1 N–H and O–H groups in total. The number of fused-ring (bicyclic) bond motifs is 1. The van der Waals surface area contributed by atoms with Crippen molar-refractivity contribution in [1.29, 1.82) is 0 Å². The van der Waals surface area contributed by atoms with Gasteiger partial charge in [-0.25, -0.2) is 4.39 Å². The molecule has 0 saturated heterocycles. The van der Waals surface area contributed by atoms with E-state index in [1.54, 1.807) is 17.0 Å². The van der Waals surface area contributed by atoms with Crippen molar-refractivity contribution in [3.63, 3.8) is 0 Å². The Labute approximate surface area is 164 Å². The highest BCUT2D eigenvalue weighted by Gasteiger charge is 2.38. The van der Waals surface area contributed by atoms with Gasteiger partial charge >= 0.3 is 0 Å². The molecular formula is C22H26FN3O2. The van der Waals surface area contributed by atoms with E-state index in [-0.39, 0.29) is 36.8 Å². The van der Waals surface area contributed by atoms with E-state index >= 15 is 0 Å². The molecule has 1 unspecified atom stereocenters. The average Bonchev–Trinajstić information content (AvgIpc) is 3.13. The molecule has 1 fully saturated rings. The minimum Gasteiger partial charge on any atom is -0.351 e. The van der Waals surface area contributed by atoms with Crippen LogP contribution in [0.3, 0.4) is 0 Å². The Morgan fingerprint density at radius 2 is 1.86 bits per heavy atom. The Hall–Kier alpha value is -2.63. The van der Waals surface area contributed by atoms with Crippen molar-refractivity contribution in [1.82, 2.24) is 14.8 Å².